The highest BCUT2D eigenvalue weighted by atomic mass is 16.5. The Bertz CT molecular complexity index is 257. The van der Waals surface area contributed by atoms with Gasteiger partial charge in [-0.3, -0.25) is 0 Å². The lowest BCUT2D eigenvalue weighted by atomic mass is 9.81. The second kappa shape index (κ2) is 6.13. The zero-order chi connectivity index (χ0) is 13.1. The van der Waals surface area contributed by atoms with Crippen LogP contribution in [0.1, 0.15) is 83.5 Å². The van der Waals surface area contributed by atoms with E-state index in [0.717, 1.165) is 0 Å². The van der Waals surface area contributed by atoms with E-state index in [1.54, 1.807) is 0 Å². The lowest BCUT2D eigenvalue weighted by molar-refractivity contribution is -0.164. The number of nitrogens with two attached hydrogens (primary N) is 1. The highest BCUT2D eigenvalue weighted by Crippen LogP contribution is 2.45. The van der Waals surface area contributed by atoms with E-state index >= 15 is 0 Å². The summed E-state index contributed by atoms with van der Waals surface area (Å²) in [5.74, 6) is 1.27. The summed E-state index contributed by atoms with van der Waals surface area (Å²) in [6, 6.07) is 0. The van der Waals surface area contributed by atoms with Gasteiger partial charge in [-0.1, -0.05) is 44.9 Å². The van der Waals surface area contributed by atoms with Gasteiger partial charge in [-0.2, -0.15) is 0 Å². The predicted octanol–water partition coefficient (Wildman–Crippen LogP) is 4.37. The maximum atomic E-state index is 6.92. The average molecular weight is 265 g/mol. The average Bonchev–Trinajstić information content (AvgIpc) is 3.14. The van der Waals surface area contributed by atoms with Crippen molar-refractivity contribution in [2.75, 3.05) is 0 Å². The third-order valence-electron chi connectivity index (χ3n) is 5.91. The van der Waals surface area contributed by atoms with Crippen LogP contribution in [-0.2, 0) is 4.74 Å². The van der Waals surface area contributed by atoms with Gasteiger partial charge in [0.25, 0.3) is 0 Å². The van der Waals surface area contributed by atoms with Gasteiger partial charge in [-0.25, -0.2) is 0 Å². The number of rotatable bonds is 4. The molecule has 2 N–H and O–H groups in total. The van der Waals surface area contributed by atoms with Gasteiger partial charge < -0.3 is 10.5 Å². The van der Waals surface area contributed by atoms with Crippen molar-refractivity contribution in [3.8, 4) is 0 Å². The van der Waals surface area contributed by atoms with Crippen LogP contribution in [0.3, 0.4) is 0 Å². The first-order valence-electron chi connectivity index (χ1n) is 8.76. The van der Waals surface area contributed by atoms with Crippen molar-refractivity contribution in [2.45, 2.75) is 95.3 Å². The summed E-state index contributed by atoms with van der Waals surface area (Å²) in [4.78, 5) is 0. The van der Waals surface area contributed by atoms with Crippen LogP contribution < -0.4 is 5.73 Å². The Kier molecular flexibility index (Phi) is 4.48. The Morgan fingerprint density at radius 3 is 1.53 bits per heavy atom. The first kappa shape index (κ1) is 13.9. The van der Waals surface area contributed by atoms with E-state index in [-0.39, 0.29) is 5.72 Å². The molecule has 3 fully saturated rings. The van der Waals surface area contributed by atoms with E-state index in [4.69, 9.17) is 10.5 Å². The molecule has 3 rings (SSSR count). The van der Waals surface area contributed by atoms with Gasteiger partial charge in [0.15, 0.2) is 0 Å². The van der Waals surface area contributed by atoms with Crippen LogP contribution in [0.15, 0.2) is 0 Å². The topological polar surface area (TPSA) is 35.2 Å². The van der Waals surface area contributed by atoms with Gasteiger partial charge in [-0.05, 0) is 38.5 Å². The molecule has 0 aromatic rings. The third-order valence-corrected chi connectivity index (χ3v) is 5.91. The Morgan fingerprint density at radius 2 is 1.05 bits per heavy atom. The van der Waals surface area contributed by atoms with Crippen molar-refractivity contribution in [1.82, 2.24) is 0 Å². The Morgan fingerprint density at radius 1 is 0.632 bits per heavy atom. The Labute approximate surface area is 118 Å². The molecule has 0 saturated heterocycles. The second-order valence-corrected chi connectivity index (χ2v) is 7.19. The molecule has 3 aliphatic carbocycles. The highest BCUT2D eigenvalue weighted by Gasteiger charge is 2.46. The smallest absolute Gasteiger partial charge is 0.122 e. The molecule has 0 bridgehead atoms. The van der Waals surface area contributed by atoms with Gasteiger partial charge in [-0.15, -0.1) is 0 Å². The van der Waals surface area contributed by atoms with Crippen LogP contribution in [0.25, 0.3) is 0 Å². The van der Waals surface area contributed by atoms with Crippen LogP contribution in [0.2, 0.25) is 0 Å². The van der Waals surface area contributed by atoms with Crippen molar-refractivity contribution >= 4 is 0 Å². The summed E-state index contributed by atoms with van der Waals surface area (Å²) in [5.41, 5.74) is 6.63. The van der Waals surface area contributed by atoms with E-state index in [2.05, 4.69) is 0 Å². The molecule has 110 valence electrons. The fourth-order valence-electron chi connectivity index (χ4n) is 4.75. The molecule has 0 aromatic carbocycles. The molecule has 0 unspecified atom stereocenters. The van der Waals surface area contributed by atoms with Crippen LogP contribution in [0.5, 0.6) is 0 Å². The molecular weight excluding hydrogens is 234 g/mol. The summed E-state index contributed by atoms with van der Waals surface area (Å²) >= 11 is 0. The molecule has 0 spiro atoms. The summed E-state index contributed by atoms with van der Waals surface area (Å²) in [6.45, 7) is 0. The first-order valence-corrected chi connectivity index (χ1v) is 8.76. The summed E-state index contributed by atoms with van der Waals surface area (Å²) in [7, 11) is 0. The largest absolute Gasteiger partial charge is 0.357 e. The van der Waals surface area contributed by atoms with E-state index in [0.29, 0.717) is 17.9 Å². The SMILES string of the molecule is NC(OC1CCCCC1)(C1CCCC1)C1CCCC1. The number of ether oxygens (including phenoxy) is 1. The molecule has 2 nitrogen and oxygen atoms in total. The molecule has 0 amide bonds. The predicted molar refractivity (Wildman–Crippen MR) is 78.8 cm³/mol. The lowest BCUT2D eigenvalue weighted by Gasteiger charge is -2.44. The fourth-order valence-corrected chi connectivity index (χ4v) is 4.75. The van der Waals surface area contributed by atoms with Gasteiger partial charge in [0.1, 0.15) is 5.72 Å². The molecule has 0 radical (unpaired) electrons. The van der Waals surface area contributed by atoms with Crippen molar-refractivity contribution in [3.05, 3.63) is 0 Å². The second-order valence-electron chi connectivity index (χ2n) is 7.19. The van der Waals surface area contributed by atoms with Crippen LogP contribution in [0.4, 0.5) is 0 Å². The fraction of sp³-hybridized carbons (Fsp3) is 1.00. The monoisotopic (exact) mass is 265 g/mol. The standard InChI is InChI=1S/C17H31NO/c18-17(14-8-4-5-9-14,15-10-6-7-11-15)19-16-12-2-1-3-13-16/h14-16H,1-13,18H2. The van der Waals surface area contributed by atoms with E-state index in [1.807, 2.05) is 0 Å². The Hall–Kier alpha value is -0.0800. The van der Waals surface area contributed by atoms with Gasteiger partial charge in [0.05, 0.1) is 6.10 Å². The molecule has 0 aromatic heterocycles. The van der Waals surface area contributed by atoms with Gasteiger partial charge in [0, 0.05) is 11.8 Å². The van der Waals surface area contributed by atoms with Crippen LogP contribution >= 0.6 is 0 Å². The summed E-state index contributed by atoms with van der Waals surface area (Å²) < 4.78 is 6.62. The van der Waals surface area contributed by atoms with Crippen molar-refractivity contribution < 1.29 is 4.74 Å². The zero-order valence-corrected chi connectivity index (χ0v) is 12.4. The summed E-state index contributed by atoms with van der Waals surface area (Å²) in [5, 5.41) is 0. The van der Waals surface area contributed by atoms with Crippen molar-refractivity contribution in [1.29, 1.82) is 0 Å². The molecule has 0 aliphatic heterocycles. The molecule has 0 heterocycles. The Balaban J connectivity index is 1.70. The van der Waals surface area contributed by atoms with Gasteiger partial charge in [0.2, 0.25) is 0 Å². The summed E-state index contributed by atoms with van der Waals surface area (Å²) in [6.07, 6.45) is 17.7. The van der Waals surface area contributed by atoms with Crippen LogP contribution in [0, 0.1) is 11.8 Å². The van der Waals surface area contributed by atoms with E-state index in [9.17, 15) is 0 Å². The molecular formula is C17H31NO. The maximum Gasteiger partial charge on any atom is 0.122 e. The molecule has 19 heavy (non-hydrogen) atoms. The number of hydrogen-bond acceptors (Lipinski definition) is 2. The highest BCUT2D eigenvalue weighted by molar-refractivity contribution is 4.94. The first-order chi connectivity index (χ1) is 9.29. The normalized spacial score (nSPS) is 28.3. The lowest BCUT2D eigenvalue weighted by Crippen LogP contribution is -2.56. The molecule has 3 aliphatic rings. The quantitative estimate of drug-likeness (QED) is 0.766. The van der Waals surface area contributed by atoms with E-state index in [1.165, 1.54) is 83.5 Å². The molecule has 2 heteroatoms. The van der Waals surface area contributed by atoms with Crippen LogP contribution in [-0.4, -0.2) is 11.8 Å². The minimum atomic E-state index is -0.283. The zero-order valence-electron chi connectivity index (χ0n) is 12.4. The van der Waals surface area contributed by atoms with E-state index < -0.39 is 0 Å². The minimum absolute atomic E-state index is 0.283. The maximum absolute atomic E-state index is 6.92. The third kappa shape index (κ3) is 3.00. The number of hydrogen-bond donors (Lipinski definition) is 1. The molecule has 0 atom stereocenters. The minimum Gasteiger partial charge on any atom is -0.357 e. The molecule has 3 saturated carbocycles. The van der Waals surface area contributed by atoms with Gasteiger partial charge >= 0.3 is 0 Å². The van der Waals surface area contributed by atoms with Crippen molar-refractivity contribution in [2.24, 2.45) is 17.6 Å². The van der Waals surface area contributed by atoms with Crippen molar-refractivity contribution in [3.63, 3.8) is 0 Å².